The van der Waals surface area contributed by atoms with Crippen LogP contribution in [0.2, 0.25) is 0 Å². The van der Waals surface area contributed by atoms with Crippen LogP contribution in [0.1, 0.15) is 35.2 Å². The average Bonchev–Trinajstić information content (AvgIpc) is 2.84. The molecule has 1 aliphatic heterocycles. The van der Waals surface area contributed by atoms with Crippen LogP contribution in [-0.2, 0) is 0 Å². The Bertz CT molecular complexity index is 431. The van der Waals surface area contributed by atoms with E-state index in [1.54, 1.807) is 0 Å². The first-order chi connectivity index (χ1) is 9.19. The highest BCUT2D eigenvalue weighted by Gasteiger charge is 2.22. The Balaban J connectivity index is 1.78. The molecule has 3 nitrogen and oxygen atoms in total. The van der Waals surface area contributed by atoms with Gasteiger partial charge in [0, 0.05) is 31.7 Å². The maximum atomic E-state index is 12.1. The summed E-state index contributed by atoms with van der Waals surface area (Å²) in [6.07, 6.45) is 2.64. The van der Waals surface area contributed by atoms with Gasteiger partial charge in [-0.15, -0.1) is 0 Å². The predicted octanol–water partition coefficient (Wildman–Crippen LogP) is 2.27. The van der Waals surface area contributed by atoms with Crippen LogP contribution < -0.4 is 0 Å². The Morgan fingerprint density at radius 1 is 1.47 bits per heavy atom. The van der Waals surface area contributed by atoms with E-state index in [4.69, 9.17) is 5.11 Å². The maximum Gasteiger partial charge on any atom is 0.164 e. The molecule has 1 N–H and O–H groups in total. The molecule has 2 rings (SSSR count). The zero-order valence-electron chi connectivity index (χ0n) is 11.6. The number of aliphatic hydroxyl groups is 1. The minimum atomic E-state index is 0.231. The van der Waals surface area contributed by atoms with Crippen LogP contribution in [-0.4, -0.2) is 42.0 Å². The summed E-state index contributed by atoms with van der Waals surface area (Å²) in [6, 6.07) is 7.81. The third kappa shape index (κ3) is 4.15. The molecular formula is C16H23NO2. The molecule has 1 atom stereocenters. The van der Waals surface area contributed by atoms with Gasteiger partial charge in [0.15, 0.2) is 5.78 Å². The van der Waals surface area contributed by atoms with Crippen molar-refractivity contribution < 1.29 is 9.90 Å². The fourth-order valence-corrected chi connectivity index (χ4v) is 2.76. The molecule has 0 bridgehead atoms. The lowest BCUT2D eigenvalue weighted by Crippen LogP contribution is -2.24. The van der Waals surface area contributed by atoms with Crippen LogP contribution in [0.4, 0.5) is 0 Å². The molecule has 1 fully saturated rings. The molecule has 1 unspecified atom stereocenters. The zero-order chi connectivity index (χ0) is 13.7. The number of aliphatic hydroxyl groups excluding tert-OH is 1. The molecule has 1 aromatic carbocycles. The first kappa shape index (κ1) is 14.2. The van der Waals surface area contributed by atoms with Crippen molar-refractivity contribution in [3.05, 3.63) is 35.4 Å². The molecule has 0 saturated carbocycles. The van der Waals surface area contributed by atoms with E-state index in [1.807, 2.05) is 31.2 Å². The van der Waals surface area contributed by atoms with Crippen LogP contribution in [0, 0.1) is 12.8 Å². The number of likely N-dealkylation sites (tertiary alicyclic amines) is 1. The van der Waals surface area contributed by atoms with E-state index in [1.165, 1.54) is 0 Å². The zero-order valence-corrected chi connectivity index (χ0v) is 11.6. The Kier molecular flexibility index (Phi) is 5.11. The van der Waals surface area contributed by atoms with E-state index in [9.17, 15) is 4.79 Å². The molecule has 0 aliphatic carbocycles. The number of benzene rings is 1. The van der Waals surface area contributed by atoms with Gasteiger partial charge in [-0.2, -0.15) is 0 Å². The maximum absolute atomic E-state index is 12.1. The van der Waals surface area contributed by atoms with Gasteiger partial charge >= 0.3 is 0 Å². The summed E-state index contributed by atoms with van der Waals surface area (Å²) in [5.74, 6) is 0.841. The fourth-order valence-electron chi connectivity index (χ4n) is 2.76. The summed E-state index contributed by atoms with van der Waals surface area (Å²) in [5, 5.41) is 8.93. The molecular weight excluding hydrogens is 238 g/mol. The molecule has 0 amide bonds. The predicted molar refractivity (Wildman–Crippen MR) is 76.4 cm³/mol. The number of Topliss-reactive ketones (excluding diaryl/α,β-unsaturated/α-hetero) is 1. The Morgan fingerprint density at radius 3 is 3.05 bits per heavy atom. The third-order valence-electron chi connectivity index (χ3n) is 3.90. The molecule has 1 saturated heterocycles. The molecule has 0 aromatic heterocycles. The van der Waals surface area contributed by atoms with E-state index < -0.39 is 0 Å². The van der Waals surface area contributed by atoms with E-state index in [0.29, 0.717) is 12.3 Å². The van der Waals surface area contributed by atoms with Crippen LogP contribution in [0.25, 0.3) is 0 Å². The smallest absolute Gasteiger partial charge is 0.164 e. The summed E-state index contributed by atoms with van der Waals surface area (Å²) >= 11 is 0. The average molecular weight is 261 g/mol. The van der Waals surface area contributed by atoms with E-state index >= 15 is 0 Å². The SMILES string of the molecule is Cc1cccc(C(=O)CCN2CCC(CCO)C2)c1. The number of nitrogens with zero attached hydrogens (tertiary/aromatic N) is 1. The Hall–Kier alpha value is -1.19. The minimum absolute atomic E-state index is 0.231. The number of rotatable bonds is 6. The van der Waals surface area contributed by atoms with Gasteiger partial charge in [-0.25, -0.2) is 0 Å². The van der Waals surface area contributed by atoms with Gasteiger partial charge in [-0.1, -0.05) is 23.8 Å². The molecule has 3 heteroatoms. The van der Waals surface area contributed by atoms with Crippen molar-refractivity contribution in [1.29, 1.82) is 0 Å². The van der Waals surface area contributed by atoms with Crippen LogP contribution >= 0.6 is 0 Å². The van der Waals surface area contributed by atoms with Crippen molar-refractivity contribution in [2.24, 2.45) is 5.92 Å². The second-order valence-electron chi connectivity index (χ2n) is 5.51. The molecule has 1 heterocycles. The summed E-state index contributed by atoms with van der Waals surface area (Å²) in [4.78, 5) is 14.4. The third-order valence-corrected chi connectivity index (χ3v) is 3.90. The summed E-state index contributed by atoms with van der Waals surface area (Å²) in [5.41, 5.74) is 1.96. The van der Waals surface area contributed by atoms with Crippen molar-refractivity contribution in [3.8, 4) is 0 Å². The number of hydrogen-bond donors (Lipinski definition) is 1. The highest BCUT2D eigenvalue weighted by molar-refractivity contribution is 5.96. The molecule has 1 aliphatic rings. The summed E-state index contributed by atoms with van der Waals surface area (Å²) < 4.78 is 0. The minimum Gasteiger partial charge on any atom is -0.396 e. The quantitative estimate of drug-likeness (QED) is 0.799. The monoisotopic (exact) mass is 261 g/mol. The molecule has 1 aromatic rings. The van der Waals surface area contributed by atoms with Gasteiger partial charge in [0.2, 0.25) is 0 Å². The van der Waals surface area contributed by atoms with Crippen molar-refractivity contribution in [3.63, 3.8) is 0 Å². The van der Waals surface area contributed by atoms with Crippen molar-refractivity contribution >= 4 is 5.78 Å². The Morgan fingerprint density at radius 2 is 2.32 bits per heavy atom. The highest BCUT2D eigenvalue weighted by Crippen LogP contribution is 2.19. The van der Waals surface area contributed by atoms with Crippen molar-refractivity contribution in [2.75, 3.05) is 26.2 Å². The largest absolute Gasteiger partial charge is 0.396 e. The number of aryl methyl sites for hydroxylation is 1. The van der Waals surface area contributed by atoms with Gasteiger partial charge in [0.1, 0.15) is 0 Å². The molecule has 0 spiro atoms. The van der Waals surface area contributed by atoms with Gasteiger partial charge in [0.25, 0.3) is 0 Å². The van der Waals surface area contributed by atoms with Gasteiger partial charge in [0.05, 0.1) is 0 Å². The standard InChI is InChI=1S/C16H23NO2/c1-13-3-2-4-15(11-13)16(19)6-9-17-8-5-14(12-17)7-10-18/h2-4,11,14,18H,5-10,12H2,1H3. The van der Waals surface area contributed by atoms with Gasteiger partial charge < -0.3 is 10.0 Å². The number of carbonyl (C=O) groups excluding carboxylic acids is 1. The summed E-state index contributed by atoms with van der Waals surface area (Å²) in [7, 11) is 0. The number of carbonyl (C=O) groups is 1. The summed E-state index contributed by atoms with van der Waals surface area (Å²) in [6.45, 7) is 5.22. The first-order valence-electron chi connectivity index (χ1n) is 7.12. The van der Waals surface area contributed by atoms with E-state index in [2.05, 4.69) is 4.90 Å². The van der Waals surface area contributed by atoms with Crippen LogP contribution in [0.3, 0.4) is 0 Å². The number of hydrogen-bond acceptors (Lipinski definition) is 3. The molecule has 0 radical (unpaired) electrons. The first-order valence-corrected chi connectivity index (χ1v) is 7.12. The van der Waals surface area contributed by atoms with E-state index in [-0.39, 0.29) is 12.4 Å². The molecule has 104 valence electrons. The lowest BCUT2D eigenvalue weighted by molar-refractivity contribution is 0.0967. The van der Waals surface area contributed by atoms with Gasteiger partial charge in [-0.05, 0) is 38.3 Å². The topological polar surface area (TPSA) is 40.5 Å². The van der Waals surface area contributed by atoms with Gasteiger partial charge in [-0.3, -0.25) is 4.79 Å². The number of ketones is 1. The Labute approximate surface area is 115 Å². The fraction of sp³-hybridized carbons (Fsp3) is 0.562. The van der Waals surface area contributed by atoms with Crippen LogP contribution in [0.15, 0.2) is 24.3 Å². The molecule has 19 heavy (non-hydrogen) atoms. The second kappa shape index (κ2) is 6.83. The van der Waals surface area contributed by atoms with Crippen molar-refractivity contribution in [2.45, 2.75) is 26.2 Å². The van der Waals surface area contributed by atoms with Crippen LogP contribution in [0.5, 0.6) is 0 Å². The second-order valence-corrected chi connectivity index (χ2v) is 5.51. The highest BCUT2D eigenvalue weighted by atomic mass is 16.3. The lowest BCUT2D eigenvalue weighted by atomic mass is 10.1. The van der Waals surface area contributed by atoms with Crippen molar-refractivity contribution in [1.82, 2.24) is 4.90 Å². The lowest BCUT2D eigenvalue weighted by Gasteiger charge is -2.15. The van der Waals surface area contributed by atoms with E-state index in [0.717, 1.165) is 43.6 Å². The normalized spacial score (nSPS) is 19.8.